The summed E-state index contributed by atoms with van der Waals surface area (Å²) in [4.78, 5) is 24.1. The third-order valence-corrected chi connectivity index (χ3v) is 9.10. The van der Waals surface area contributed by atoms with E-state index in [0.717, 1.165) is 10.9 Å². The second-order valence-corrected chi connectivity index (χ2v) is 11.9. The summed E-state index contributed by atoms with van der Waals surface area (Å²) < 4.78 is 25.5. The highest BCUT2D eigenvalue weighted by molar-refractivity contribution is 8.15. The van der Waals surface area contributed by atoms with E-state index in [9.17, 15) is 13.2 Å². The largest absolute Gasteiger partial charge is 0.315 e. The molecule has 7 nitrogen and oxygen atoms in total. The molecule has 0 radical (unpaired) electrons. The van der Waals surface area contributed by atoms with Crippen LogP contribution in [0.4, 0.5) is 5.69 Å². The summed E-state index contributed by atoms with van der Waals surface area (Å²) in [6.07, 6.45) is 1.70. The zero-order valence-electron chi connectivity index (χ0n) is 17.9. The molecule has 0 saturated carbocycles. The Kier molecular flexibility index (Phi) is 5.33. The average molecular weight is 469 g/mol. The number of nitrogens with zero attached hydrogens (tertiary/aromatic N) is 4. The van der Waals surface area contributed by atoms with E-state index < -0.39 is 9.84 Å². The number of aliphatic imine (C=N–C) groups is 1. The molecule has 2 atom stereocenters. The monoisotopic (exact) mass is 468 g/mol. The molecule has 0 N–H and O–H groups in total. The van der Waals surface area contributed by atoms with Gasteiger partial charge in [0.15, 0.2) is 15.0 Å². The van der Waals surface area contributed by atoms with Crippen LogP contribution in [0.2, 0.25) is 0 Å². The molecule has 0 aliphatic carbocycles. The highest BCUT2D eigenvalue weighted by atomic mass is 32.2. The normalized spacial score (nSPS) is 21.7. The smallest absolute Gasteiger partial charge is 0.258 e. The van der Waals surface area contributed by atoms with Crippen LogP contribution in [0, 0.1) is 0 Å². The molecule has 5 rings (SSSR count). The van der Waals surface area contributed by atoms with Crippen molar-refractivity contribution in [2.45, 2.75) is 37.6 Å². The first-order valence-corrected chi connectivity index (χ1v) is 13.3. The minimum atomic E-state index is -3.03. The third kappa shape index (κ3) is 4.06. The van der Waals surface area contributed by atoms with Crippen molar-refractivity contribution in [3.8, 4) is 0 Å². The first-order chi connectivity index (χ1) is 15.3. The number of hydrogen-bond donors (Lipinski definition) is 0. The first-order valence-electron chi connectivity index (χ1n) is 10.6. The molecule has 2 aromatic heterocycles. The number of fused-ring (bicyclic) bond motifs is 2. The first kappa shape index (κ1) is 21.2. The van der Waals surface area contributed by atoms with Gasteiger partial charge in [-0.25, -0.2) is 13.4 Å². The quantitative estimate of drug-likeness (QED) is 0.585. The zero-order valence-corrected chi connectivity index (χ0v) is 19.5. The molecule has 3 aromatic rings. The number of benzene rings is 1. The van der Waals surface area contributed by atoms with E-state index in [4.69, 9.17) is 4.99 Å². The number of aromatic nitrogens is 2. The Morgan fingerprint density at radius 2 is 1.94 bits per heavy atom. The summed E-state index contributed by atoms with van der Waals surface area (Å²) in [5.74, 6) is 0.678. The molecular formula is C23H24N4O3S2. The zero-order chi connectivity index (χ0) is 22.5. The summed E-state index contributed by atoms with van der Waals surface area (Å²) in [5, 5.41) is 0.727. The topological polar surface area (TPSA) is 84.1 Å². The molecule has 166 valence electrons. The number of thioether (sulfide) groups is 1. The number of amidine groups is 1. The fourth-order valence-corrected chi connectivity index (χ4v) is 7.91. The summed E-state index contributed by atoms with van der Waals surface area (Å²) in [6.45, 7) is 4.68. The summed E-state index contributed by atoms with van der Waals surface area (Å²) in [7, 11) is -3.03. The van der Waals surface area contributed by atoms with Crippen molar-refractivity contribution >= 4 is 38.1 Å². The van der Waals surface area contributed by atoms with Gasteiger partial charge in [-0.15, -0.1) is 0 Å². The van der Waals surface area contributed by atoms with Gasteiger partial charge in [0.05, 0.1) is 29.8 Å². The van der Waals surface area contributed by atoms with Gasteiger partial charge < -0.3 is 4.90 Å². The van der Waals surface area contributed by atoms with E-state index in [-0.39, 0.29) is 28.4 Å². The van der Waals surface area contributed by atoms with Crippen LogP contribution < -0.4 is 10.5 Å². The van der Waals surface area contributed by atoms with Gasteiger partial charge in [-0.1, -0.05) is 43.8 Å². The highest BCUT2D eigenvalue weighted by Gasteiger charge is 2.44. The molecule has 0 unspecified atom stereocenters. The van der Waals surface area contributed by atoms with E-state index in [1.54, 1.807) is 18.3 Å². The fraction of sp³-hybridized carbons (Fsp3) is 0.348. The second kappa shape index (κ2) is 8.04. The number of pyridine rings is 1. The number of anilines is 1. The predicted octanol–water partition coefficient (Wildman–Crippen LogP) is 3.09. The summed E-state index contributed by atoms with van der Waals surface area (Å²) in [5.41, 5.74) is 3.28. The maximum Gasteiger partial charge on any atom is 0.258 e. The maximum atomic E-state index is 12.6. The van der Waals surface area contributed by atoms with Gasteiger partial charge in [0.1, 0.15) is 5.65 Å². The molecule has 0 spiro atoms. The van der Waals surface area contributed by atoms with Crippen molar-refractivity contribution < 1.29 is 8.42 Å². The Hall–Kier alpha value is -2.65. The molecule has 9 heteroatoms. The summed E-state index contributed by atoms with van der Waals surface area (Å²) >= 11 is 1.51. The van der Waals surface area contributed by atoms with Crippen molar-refractivity contribution in [2.24, 2.45) is 4.99 Å². The van der Waals surface area contributed by atoms with E-state index in [2.05, 4.69) is 43.1 Å². The van der Waals surface area contributed by atoms with Crippen LogP contribution in [0.15, 0.2) is 64.5 Å². The standard InChI is InChI=1S/C23H24N4O3S2/c1-15(2)16-6-8-18(9-7-16)27(23-25-19-13-32(29,30)14-20(19)31-23)12-17-11-22(28)26-10-4-3-5-21(26)24-17/h3-11,15,19-20H,12-14H2,1-2H3/t19-,20-/m1/s1. The van der Waals surface area contributed by atoms with E-state index >= 15 is 0 Å². The van der Waals surface area contributed by atoms with E-state index in [1.165, 1.54) is 21.7 Å². The lowest BCUT2D eigenvalue weighted by Gasteiger charge is -2.25. The molecule has 32 heavy (non-hydrogen) atoms. The average Bonchev–Trinajstić information content (AvgIpc) is 3.25. The van der Waals surface area contributed by atoms with Crippen LogP contribution in [-0.4, -0.2) is 45.8 Å². The van der Waals surface area contributed by atoms with Crippen molar-refractivity contribution in [3.63, 3.8) is 0 Å². The van der Waals surface area contributed by atoms with Crippen LogP contribution in [0.3, 0.4) is 0 Å². The Balaban J connectivity index is 1.52. The van der Waals surface area contributed by atoms with Gasteiger partial charge in [-0.2, -0.15) is 0 Å². The third-order valence-electron chi connectivity index (χ3n) is 5.85. The molecule has 1 saturated heterocycles. The van der Waals surface area contributed by atoms with Crippen molar-refractivity contribution in [1.82, 2.24) is 9.38 Å². The Labute approximate surface area is 191 Å². The molecule has 4 heterocycles. The van der Waals surface area contributed by atoms with Crippen molar-refractivity contribution in [2.75, 3.05) is 16.4 Å². The predicted molar refractivity (Wildman–Crippen MR) is 129 cm³/mol. The van der Waals surface area contributed by atoms with Crippen LogP contribution in [-0.2, 0) is 16.4 Å². The van der Waals surface area contributed by atoms with Gasteiger partial charge in [-0.3, -0.25) is 14.2 Å². The highest BCUT2D eigenvalue weighted by Crippen LogP contribution is 2.37. The van der Waals surface area contributed by atoms with E-state index in [0.29, 0.717) is 23.8 Å². The maximum absolute atomic E-state index is 12.6. The Morgan fingerprint density at radius 3 is 2.66 bits per heavy atom. The Bertz CT molecular complexity index is 1360. The molecule has 2 aliphatic rings. The van der Waals surface area contributed by atoms with Gasteiger partial charge in [0.2, 0.25) is 0 Å². The molecule has 2 aliphatic heterocycles. The van der Waals surface area contributed by atoms with Crippen LogP contribution in [0.5, 0.6) is 0 Å². The Morgan fingerprint density at radius 1 is 1.16 bits per heavy atom. The van der Waals surface area contributed by atoms with E-state index in [1.807, 2.05) is 17.0 Å². The van der Waals surface area contributed by atoms with Crippen LogP contribution in [0.25, 0.3) is 5.65 Å². The second-order valence-electron chi connectivity index (χ2n) is 8.56. The number of rotatable bonds is 4. The number of hydrogen-bond acceptors (Lipinski definition) is 7. The molecule has 0 amide bonds. The molecule has 0 bridgehead atoms. The van der Waals surface area contributed by atoms with Gasteiger partial charge >= 0.3 is 0 Å². The SMILES string of the molecule is CC(C)c1ccc(N(Cc2cc(=O)n3ccccc3n2)C2=N[C@@H]3CS(=O)(=O)C[C@H]3S2)cc1. The fourth-order valence-electron chi connectivity index (χ4n) is 4.13. The lowest BCUT2D eigenvalue weighted by molar-refractivity contribution is 0.601. The van der Waals surface area contributed by atoms with Crippen LogP contribution in [0.1, 0.15) is 31.0 Å². The minimum Gasteiger partial charge on any atom is -0.315 e. The molecule has 1 fully saturated rings. The van der Waals surface area contributed by atoms with Gasteiger partial charge in [0, 0.05) is 23.2 Å². The molecular weight excluding hydrogens is 444 g/mol. The van der Waals surface area contributed by atoms with Gasteiger partial charge in [-0.05, 0) is 35.7 Å². The minimum absolute atomic E-state index is 0.0531. The summed E-state index contributed by atoms with van der Waals surface area (Å²) in [6, 6.07) is 15.1. The van der Waals surface area contributed by atoms with Crippen LogP contribution >= 0.6 is 11.8 Å². The van der Waals surface area contributed by atoms with Crippen molar-refractivity contribution in [3.05, 3.63) is 76.3 Å². The molecule has 1 aromatic carbocycles. The van der Waals surface area contributed by atoms with Crippen molar-refractivity contribution in [1.29, 1.82) is 0 Å². The lowest BCUT2D eigenvalue weighted by atomic mass is 10.0. The lowest BCUT2D eigenvalue weighted by Crippen LogP contribution is -2.29. The van der Waals surface area contributed by atoms with Gasteiger partial charge in [0.25, 0.3) is 5.56 Å². The number of sulfone groups is 1.